The van der Waals surface area contributed by atoms with E-state index in [2.05, 4.69) is 24.9 Å². The Balaban J connectivity index is 2.07. The minimum atomic E-state index is -3.56. The van der Waals surface area contributed by atoms with Crippen molar-refractivity contribution in [1.29, 1.82) is 0 Å². The van der Waals surface area contributed by atoms with E-state index in [0.717, 1.165) is 19.3 Å². The molecule has 2 rings (SSSR count). The molecule has 0 spiro atoms. The second-order valence-corrected chi connectivity index (χ2v) is 7.06. The lowest BCUT2D eigenvalue weighted by Gasteiger charge is -2.47. The molecule has 1 fully saturated rings. The fourth-order valence-electron chi connectivity index (χ4n) is 2.26. The predicted molar refractivity (Wildman–Crippen MR) is 77.0 cm³/mol. The molecule has 1 aromatic heterocycles. The molecule has 0 radical (unpaired) electrons. The monoisotopic (exact) mass is 299 g/mol. The molecule has 8 heteroatoms. The van der Waals surface area contributed by atoms with Gasteiger partial charge in [-0.2, -0.15) is 0 Å². The summed E-state index contributed by atoms with van der Waals surface area (Å²) in [6.45, 7) is 0.413. The molecule has 0 unspecified atom stereocenters. The summed E-state index contributed by atoms with van der Waals surface area (Å²) in [6, 6.07) is 0. The maximum Gasteiger partial charge on any atom is 0.243 e. The summed E-state index contributed by atoms with van der Waals surface area (Å²) >= 11 is 0. The highest BCUT2D eigenvalue weighted by atomic mass is 32.2. The molecule has 112 valence electrons. The summed E-state index contributed by atoms with van der Waals surface area (Å²) in [5, 5.41) is 2.75. The highest BCUT2D eigenvalue weighted by molar-refractivity contribution is 7.89. The molecule has 0 amide bonds. The number of aromatic nitrogens is 2. The molecule has 0 aliphatic heterocycles. The van der Waals surface area contributed by atoms with Crippen LogP contribution in [0.5, 0.6) is 0 Å². The number of hydrogen-bond donors (Lipinski definition) is 2. The second kappa shape index (κ2) is 5.63. The van der Waals surface area contributed by atoms with Gasteiger partial charge in [0.25, 0.3) is 0 Å². The fourth-order valence-corrected chi connectivity index (χ4v) is 3.27. The quantitative estimate of drug-likeness (QED) is 0.784. The summed E-state index contributed by atoms with van der Waals surface area (Å²) in [5.74, 6) is 0.396. The van der Waals surface area contributed by atoms with Gasteiger partial charge < -0.3 is 10.2 Å². The van der Waals surface area contributed by atoms with Gasteiger partial charge in [-0.25, -0.2) is 23.1 Å². The molecule has 1 saturated carbocycles. The van der Waals surface area contributed by atoms with Gasteiger partial charge in [0.15, 0.2) is 0 Å². The molecule has 1 aliphatic rings. The molecule has 1 aliphatic carbocycles. The molecule has 2 N–H and O–H groups in total. The van der Waals surface area contributed by atoms with E-state index in [1.807, 2.05) is 14.1 Å². The number of hydrogen-bond acceptors (Lipinski definition) is 6. The van der Waals surface area contributed by atoms with Crippen LogP contribution in [-0.4, -0.2) is 56.5 Å². The molecular formula is C12H21N5O2S. The summed E-state index contributed by atoms with van der Waals surface area (Å²) in [4.78, 5) is 10.0. The minimum absolute atomic E-state index is 0.0567. The maximum atomic E-state index is 12.2. The van der Waals surface area contributed by atoms with Gasteiger partial charge in [0, 0.05) is 19.1 Å². The minimum Gasteiger partial charge on any atom is -0.357 e. The topological polar surface area (TPSA) is 87.2 Å². The van der Waals surface area contributed by atoms with E-state index < -0.39 is 10.0 Å². The third-order valence-corrected chi connectivity index (χ3v) is 5.34. The van der Waals surface area contributed by atoms with Gasteiger partial charge in [-0.1, -0.05) is 0 Å². The number of likely N-dealkylation sites (N-methyl/N-ethyl adjacent to an activating group) is 1. The number of anilines is 1. The third kappa shape index (κ3) is 2.92. The Hall–Kier alpha value is -1.25. The lowest BCUT2D eigenvalue weighted by molar-refractivity contribution is 0.0657. The molecule has 0 bridgehead atoms. The Morgan fingerprint density at radius 2 is 1.90 bits per heavy atom. The first-order valence-corrected chi connectivity index (χ1v) is 8.05. The van der Waals surface area contributed by atoms with Gasteiger partial charge in [-0.3, -0.25) is 0 Å². The predicted octanol–water partition coefficient (Wildman–Crippen LogP) is 0.281. The zero-order valence-corrected chi connectivity index (χ0v) is 12.9. The highest BCUT2D eigenvalue weighted by Crippen LogP contribution is 2.35. The fraction of sp³-hybridized carbons (Fsp3) is 0.667. The van der Waals surface area contributed by atoms with E-state index in [4.69, 9.17) is 0 Å². The Bertz CT molecular complexity index is 552. The number of nitrogens with one attached hydrogen (secondary N) is 2. The molecule has 1 aromatic rings. The lowest BCUT2D eigenvalue weighted by atomic mass is 9.76. The Kier molecular flexibility index (Phi) is 4.26. The van der Waals surface area contributed by atoms with Crippen molar-refractivity contribution in [1.82, 2.24) is 19.6 Å². The normalized spacial score (nSPS) is 17.8. The van der Waals surface area contributed by atoms with Crippen molar-refractivity contribution < 1.29 is 8.42 Å². The SMILES string of the molecule is CNc1ncc(S(=O)(=O)NCC2(N(C)C)CCC2)cn1. The van der Waals surface area contributed by atoms with E-state index in [1.165, 1.54) is 12.4 Å². The largest absolute Gasteiger partial charge is 0.357 e. The van der Waals surface area contributed by atoms with Crippen LogP contribution in [-0.2, 0) is 10.0 Å². The van der Waals surface area contributed by atoms with E-state index in [9.17, 15) is 8.42 Å². The Labute approximate surface area is 119 Å². The average molecular weight is 299 g/mol. The van der Waals surface area contributed by atoms with E-state index in [-0.39, 0.29) is 10.4 Å². The number of sulfonamides is 1. The van der Waals surface area contributed by atoms with Crippen molar-refractivity contribution in [3.05, 3.63) is 12.4 Å². The molecule has 0 aromatic carbocycles. The van der Waals surface area contributed by atoms with Crippen LogP contribution >= 0.6 is 0 Å². The smallest absolute Gasteiger partial charge is 0.243 e. The van der Waals surface area contributed by atoms with Gasteiger partial charge in [-0.15, -0.1) is 0 Å². The zero-order valence-electron chi connectivity index (χ0n) is 12.0. The van der Waals surface area contributed by atoms with Crippen molar-refractivity contribution in [2.75, 3.05) is 33.0 Å². The molecule has 20 heavy (non-hydrogen) atoms. The number of nitrogens with zero attached hydrogens (tertiary/aromatic N) is 3. The molecule has 0 atom stereocenters. The van der Waals surface area contributed by atoms with Crippen molar-refractivity contribution in [2.45, 2.75) is 29.7 Å². The van der Waals surface area contributed by atoms with E-state index >= 15 is 0 Å². The third-order valence-electron chi connectivity index (χ3n) is 3.99. The summed E-state index contributed by atoms with van der Waals surface area (Å²) in [5.41, 5.74) is -0.0567. The first-order chi connectivity index (χ1) is 9.39. The van der Waals surface area contributed by atoms with Gasteiger partial charge >= 0.3 is 0 Å². The molecule has 0 saturated heterocycles. The van der Waals surface area contributed by atoms with Gasteiger partial charge in [0.05, 0.1) is 12.4 Å². The van der Waals surface area contributed by atoms with Crippen LogP contribution in [0.2, 0.25) is 0 Å². The first kappa shape index (κ1) is 15.1. The van der Waals surface area contributed by atoms with Crippen LogP contribution in [0.3, 0.4) is 0 Å². The van der Waals surface area contributed by atoms with Gasteiger partial charge in [-0.05, 0) is 33.4 Å². The molecule has 7 nitrogen and oxygen atoms in total. The van der Waals surface area contributed by atoms with Crippen molar-refractivity contribution >= 4 is 16.0 Å². The molecular weight excluding hydrogens is 278 g/mol. The summed E-state index contributed by atoms with van der Waals surface area (Å²) in [6.07, 6.45) is 5.78. The Morgan fingerprint density at radius 1 is 1.30 bits per heavy atom. The highest BCUT2D eigenvalue weighted by Gasteiger charge is 2.39. The van der Waals surface area contributed by atoms with Crippen LogP contribution in [0.1, 0.15) is 19.3 Å². The van der Waals surface area contributed by atoms with Gasteiger partial charge in [0.1, 0.15) is 4.90 Å². The van der Waals surface area contributed by atoms with Crippen LogP contribution in [0, 0.1) is 0 Å². The van der Waals surface area contributed by atoms with Crippen molar-refractivity contribution in [3.8, 4) is 0 Å². The van der Waals surface area contributed by atoms with E-state index in [1.54, 1.807) is 7.05 Å². The van der Waals surface area contributed by atoms with Crippen LogP contribution in [0.25, 0.3) is 0 Å². The first-order valence-electron chi connectivity index (χ1n) is 6.56. The summed E-state index contributed by atoms with van der Waals surface area (Å²) in [7, 11) is 2.09. The zero-order chi connectivity index (χ0) is 14.8. The van der Waals surface area contributed by atoms with Crippen molar-refractivity contribution in [3.63, 3.8) is 0 Å². The van der Waals surface area contributed by atoms with Crippen LogP contribution in [0.15, 0.2) is 17.3 Å². The second-order valence-electron chi connectivity index (χ2n) is 5.29. The number of rotatable bonds is 6. The van der Waals surface area contributed by atoms with Gasteiger partial charge in [0.2, 0.25) is 16.0 Å². The summed E-state index contributed by atoms with van der Waals surface area (Å²) < 4.78 is 27.1. The average Bonchev–Trinajstić information content (AvgIpc) is 2.37. The maximum absolute atomic E-state index is 12.2. The lowest BCUT2D eigenvalue weighted by Crippen LogP contribution is -2.57. The van der Waals surface area contributed by atoms with E-state index in [0.29, 0.717) is 12.5 Å². The molecule has 1 heterocycles. The Morgan fingerprint density at radius 3 is 2.30 bits per heavy atom. The van der Waals surface area contributed by atoms with Crippen LogP contribution in [0.4, 0.5) is 5.95 Å². The van der Waals surface area contributed by atoms with Crippen LogP contribution < -0.4 is 10.0 Å². The standard InChI is InChI=1S/C12H21N5O2S/c1-13-11-14-7-10(8-15-11)20(18,19)16-9-12(17(2)3)5-4-6-12/h7-8,16H,4-6,9H2,1-3H3,(H,13,14,15). The van der Waals surface area contributed by atoms with Crippen molar-refractivity contribution in [2.24, 2.45) is 0 Å².